The number of phosphoric acid groups is 1. The molecule has 0 heterocycles. The lowest BCUT2D eigenvalue weighted by Gasteiger charge is -2.29. The Balaban J connectivity index is 3.77. The van der Waals surface area contributed by atoms with Crippen molar-refractivity contribution in [2.75, 3.05) is 40.9 Å². The number of carbonyl (C=O) groups is 1. The number of allylic oxidation sites excluding steroid dienone is 7. The van der Waals surface area contributed by atoms with Crippen molar-refractivity contribution in [2.45, 2.75) is 315 Å². The van der Waals surface area contributed by atoms with E-state index < -0.39 is 26.6 Å². The van der Waals surface area contributed by atoms with Gasteiger partial charge in [0.1, 0.15) is 13.2 Å². The minimum absolute atomic E-state index is 0.00857. The third kappa shape index (κ3) is 58.0. The van der Waals surface area contributed by atoms with E-state index in [4.69, 9.17) is 9.05 Å². The molecule has 0 aliphatic heterocycles. The number of hydrogen-bond donors (Lipinski definition) is 2. The van der Waals surface area contributed by atoms with Crippen LogP contribution in [0, 0.1) is 0 Å². The molecular formula is C64H123N2O6P. The van der Waals surface area contributed by atoms with Crippen LogP contribution < -0.4 is 10.2 Å². The summed E-state index contributed by atoms with van der Waals surface area (Å²) in [5.41, 5.74) is 0. The molecule has 73 heavy (non-hydrogen) atoms. The molecule has 0 bridgehead atoms. The summed E-state index contributed by atoms with van der Waals surface area (Å²) >= 11 is 0. The first-order chi connectivity index (χ1) is 35.5. The van der Waals surface area contributed by atoms with E-state index in [9.17, 15) is 19.4 Å². The topological polar surface area (TPSA) is 108 Å². The third-order valence-corrected chi connectivity index (χ3v) is 15.2. The lowest BCUT2D eigenvalue weighted by atomic mass is 10.0. The van der Waals surface area contributed by atoms with Crippen LogP contribution in [0.5, 0.6) is 0 Å². The fourth-order valence-electron chi connectivity index (χ4n) is 9.37. The van der Waals surface area contributed by atoms with Crippen molar-refractivity contribution in [2.24, 2.45) is 0 Å². The zero-order chi connectivity index (χ0) is 53.5. The average Bonchev–Trinajstić information content (AvgIpc) is 3.35. The molecule has 0 spiro atoms. The van der Waals surface area contributed by atoms with E-state index in [1.165, 1.54) is 231 Å². The quantitative estimate of drug-likeness (QED) is 0.0272. The third-order valence-electron chi connectivity index (χ3n) is 14.3. The minimum atomic E-state index is -4.60. The SMILES string of the molecule is CC/C=C/CC/C=C/CC/C=C/C(O)C(COP(=O)([O-])OCC[N+](C)(C)C)NC(=O)CCCCCCCCCCCCCCCCCCCCCCCCCCCCCCC/C=C\CCCCCCCCCC. The van der Waals surface area contributed by atoms with Gasteiger partial charge < -0.3 is 28.8 Å². The zero-order valence-electron chi connectivity index (χ0n) is 49.1. The molecule has 0 radical (unpaired) electrons. The number of nitrogens with zero attached hydrogens (tertiary/aromatic N) is 1. The number of hydrogen-bond acceptors (Lipinski definition) is 6. The second-order valence-corrected chi connectivity index (χ2v) is 24.1. The number of unbranched alkanes of at least 4 members (excludes halogenated alkanes) is 39. The van der Waals surface area contributed by atoms with Gasteiger partial charge in [0.15, 0.2) is 0 Å². The molecule has 0 saturated carbocycles. The van der Waals surface area contributed by atoms with Gasteiger partial charge in [-0.05, 0) is 64.2 Å². The summed E-state index contributed by atoms with van der Waals surface area (Å²) < 4.78 is 23.2. The van der Waals surface area contributed by atoms with E-state index in [0.29, 0.717) is 17.4 Å². The number of amides is 1. The maximum absolute atomic E-state index is 12.9. The molecule has 0 saturated heterocycles. The number of quaternary nitrogens is 1. The number of nitrogens with one attached hydrogen (secondary N) is 1. The molecule has 3 unspecified atom stereocenters. The maximum Gasteiger partial charge on any atom is 0.268 e. The Hall–Kier alpha value is -1.54. The molecule has 9 heteroatoms. The highest BCUT2D eigenvalue weighted by Gasteiger charge is 2.23. The smallest absolute Gasteiger partial charge is 0.268 e. The standard InChI is InChI=1S/C64H123N2O6P/c1-6-8-10-12-14-16-18-19-20-21-22-23-24-25-26-27-28-29-30-31-32-33-34-35-36-37-38-39-40-41-42-43-44-45-46-47-48-50-52-54-56-58-64(68)65-62(61-72-73(69,70)71-60-59-66(3,4)5)63(67)57-55-53-51-49-17-15-13-11-9-7-2/h9,11,17,21-22,49,55,57,62-63,67H,6-8,10,12-16,18-20,23-48,50-54,56,58-61H2,1-5H3,(H-,65,68,69,70)/b11-9+,22-21-,49-17+,57-55+. The molecule has 0 aliphatic carbocycles. The molecule has 2 N–H and O–H groups in total. The summed E-state index contributed by atoms with van der Waals surface area (Å²) in [7, 11) is 1.24. The van der Waals surface area contributed by atoms with Crippen LogP contribution >= 0.6 is 7.82 Å². The van der Waals surface area contributed by atoms with E-state index in [0.717, 1.165) is 51.4 Å². The zero-order valence-corrected chi connectivity index (χ0v) is 50.0. The number of carbonyl (C=O) groups excluding carboxylic acids is 1. The molecule has 0 aromatic heterocycles. The van der Waals surface area contributed by atoms with Gasteiger partial charge in [-0.2, -0.15) is 0 Å². The van der Waals surface area contributed by atoms with Crippen LogP contribution in [-0.2, 0) is 18.4 Å². The Labute approximate surface area is 454 Å². The van der Waals surface area contributed by atoms with Crippen molar-refractivity contribution in [1.29, 1.82) is 0 Å². The van der Waals surface area contributed by atoms with Crippen molar-refractivity contribution in [3.05, 3.63) is 48.6 Å². The second-order valence-electron chi connectivity index (χ2n) is 22.7. The summed E-state index contributed by atoms with van der Waals surface area (Å²) in [5.74, 6) is -0.210. The van der Waals surface area contributed by atoms with Crippen LogP contribution in [0.2, 0.25) is 0 Å². The predicted octanol–water partition coefficient (Wildman–Crippen LogP) is 18.9. The summed E-state index contributed by atoms with van der Waals surface area (Å²) in [6.07, 6.45) is 74.2. The van der Waals surface area contributed by atoms with Gasteiger partial charge in [0.2, 0.25) is 5.91 Å². The Morgan fingerprint density at radius 2 is 0.808 bits per heavy atom. The van der Waals surface area contributed by atoms with Crippen LogP contribution in [-0.4, -0.2) is 68.5 Å². The fourth-order valence-corrected chi connectivity index (χ4v) is 10.1. The van der Waals surface area contributed by atoms with Crippen molar-refractivity contribution in [1.82, 2.24) is 5.32 Å². The van der Waals surface area contributed by atoms with Gasteiger partial charge in [-0.15, -0.1) is 0 Å². The Bertz CT molecular complexity index is 1330. The molecule has 1 amide bonds. The molecule has 0 aromatic rings. The summed E-state index contributed by atoms with van der Waals surface area (Å²) in [6.45, 7) is 4.51. The van der Waals surface area contributed by atoms with Crippen LogP contribution in [0.1, 0.15) is 303 Å². The van der Waals surface area contributed by atoms with Gasteiger partial charge in [0.05, 0.1) is 39.9 Å². The Morgan fingerprint density at radius 3 is 1.18 bits per heavy atom. The maximum atomic E-state index is 12.9. The van der Waals surface area contributed by atoms with Gasteiger partial charge in [0.25, 0.3) is 7.82 Å². The Morgan fingerprint density at radius 1 is 0.479 bits per heavy atom. The van der Waals surface area contributed by atoms with E-state index >= 15 is 0 Å². The van der Waals surface area contributed by atoms with Crippen LogP contribution in [0.4, 0.5) is 0 Å². The summed E-state index contributed by atoms with van der Waals surface area (Å²) in [4.78, 5) is 25.4. The number of likely N-dealkylation sites (N-methyl/N-ethyl adjacent to an activating group) is 1. The van der Waals surface area contributed by atoms with Gasteiger partial charge in [-0.1, -0.05) is 281 Å². The first kappa shape index (κ1) is 71.5. The van der Waals surface area contributed by atoms with Crippen molar-refractivity contribution >= 4 is 13.7 Å². The second kappa shape index (κ2) is 55.2. The first-order valence-electron chi connectivity index (χ1n) is 31.5. The van der Waals surface area contributed by atoms with Crippen LogP contribution in [0.25, 0.3) is 0 Å². The molecule has 8 nitrogen and oxygen atoms in total. The van der Waals surface area contributed by atoms with Gasteiger partial charge in [-0.3, -0.25) is 9.36 Å². The average molecular weight is 1050 g/mol. The van der Waals surface area contributed by atoms with Crippen molar-refractivity contribution < 1.29 is 32.9 Å². The van der Waals surface area contributed by atoms with Crippen molar-refractivity contribution in [3.63, 3.8) is 0 Å². The highest BCUT2D eigenvalue weighted by molar-refractivity contribution is 7.45. The molecule has 430 valence electrons. The molecule has 0 aliphatic rings. The lowest BCUT2D eigenvalue weighted by molar-refractivity contribution is -0.870. The number of phosphoric ester groups is 1. The molecule has 0 fully saturated rings. The molecule has 0 aromatic carbocycles. The monoisotopic (exact) mass is 1050 g/mol. The van der Waals surface area contributed by atoms with E-state index in [-0.39, 0.29) is 12.5 Å². The van der Waals surface area contributed by atoms with Gasteiger partial charge in [-0.25, -0.2) is 0 Å². The van der Waals surface area contributed by atoms with Crippen LogP contribution in [0.3, 0.4) is 0 Å². The molecule has 0 rings (SSSR count). The number of rotatable bonds is 58. The van der Waals surface area contributed by atoms with Crippen LogP contribution in [0.15, 0.2) is 48.6 Å². The molecule has 3 atom stereocenters. The normalized spacial score (nSPS) is 14.1. The number of aliphatic hydroxyl groups excluding tert-OH is 1. The highest BCUT2D eigenvalue weighted by atomic mass is 31.2. The summed E-state index contributed by atoms with van der Waals surface area (Å²) in [6, 6.07) is -0.907. The molecular weight excluding hydrogens is 924 g/mol. The predicted molar refractivity (Wildman–Crippen MR) is 316 cm³/mol. The summed E-state index contributed by atoms with van der Waals surface area (Å²) in [5, 5.41) is 13.8. The lowest BCUT2D eigenvalue weighted by Crippen LogP contribution is -2.45. The van der Waals surface area contributed by atoms with E-state index in [2.05, 4.69) is 55.6 Å². The van der Waals surface area contributed by atoms with Gasteiger partial charge >= 0.3 is 0 Å². The van der Waals surface area contributed by atoms with Gasteiger partial charge in [0, 0.05) is 6.42 Å². The largest absolute Gasteiger partial charge is 0.756 e. The highest BCUT2D eigenvalue weighted by Crippen LogP contribution is 2.38. The number of aliphatic hydroxyl groups is 1. The first-order valence-corrected chi connectivity index (χ1v) is 33.0. The van der Waals surface area contributed by atoms with Crippen molar-refractivity contribution in [3.8, 4) is 0 Å². The Kier molecular flexibility index (Phi) is 54.1. The van der Waals surface area contributed by atoms with E-state index in [1.54, 1.807) is 6.08 Å². The fraction of sp³-hybridized carbons (Fsp3) is 0.859. The minimum Gasteiger partial charge on any atom is -0.756 e. The van der Waals surface area contributed by atoms with E-state index in [1.807, 2.05) is 27.2 Å².